The zero-order valence-electron chi connectivity index (χ0n) is 11.0. The van der Waals surface area contributed by atoms with Gasteiger partial charge in [-0.25, -0.2) is 4.79 Å². The summed E-state index contributed by atoms with van der Waals surface area (Å²) in [4.78, 5) is 36.7. The Kier molecular flexibility index (Phi) is 3.06. The molecule has 3 atom stereocenters. The van der Waals surface area contributed by atoms with Gasteiger partial charge in [0.15, 0.2) is 0 Å². The summed E-state index contributed by atoms with van der Waals surface area (Å²) in [6, 6.07) is -1.06. The Hall–Kier alpha value is -1.28. The molecule has 7 nitrogen and oxygen atoms in total. The third-order valence-corrected chi connectivity index (χ3v) is 8.96. The first kappa shape index (κ1) is 14.1. The molecule has 0 bridgehead atoms. The van der Waals surface area contributed by atoms with Crippen LogP contribution in [0.15, 0.2) is 0 Å². The summed E-state index contributed by atoms with van der Waals surface area (Å²) in [5.74, 6) is -1.80. The number of aliphatic hydroxyl groups excluding tert-OH is 1. The quantitative estimate of drug-likeness (QED) is 0.615. The second kappa shape index (κ2) is 4.11. The molecule has 8 heteroatoms. The van der Waals surface area contributed by atoms with Crippen LogP contribution in [0.1, 0.15) is 20.3 Å². The second-order valence-corrected chi connectivity index (χ2v) is 9.08. The highest BCUT2D eigenvalue weighted by Gasteiger charge is 2.71. The Morgan fingerprint density at radius 2 is 2.11 bits per heavy atom. The van der Waals surface area contributed by atoms with Gasteiger partial charge in [0, 0.05) is 11.8 Å². The fourth-order valence-corrected chi connectivity index (χ4v) is 7.28. The fraction of sp³-hybridized carbons (Fsp3) is 0.727. The van der Waals surface area contributed by atoms with E-state index < -0.39 is 38.1 Å². The molecular formula is C11H18N2O5S. The number of rotatable bonds is 2. The molecule has 0 aromatic carbocycles. The van der Waals surface area contributed by atoms with Gasteiger partial charge in [0.1, 0.15) is 6.04 Å². The summed E-state index contributed by atoms with van der Waals surface area (Å²) < 4.78 is -0.968. The summed E-state index contributed by atoms with van der Waals surface area (Å²) in [5.41, 5.74) is 0. The van der Waals surface area contributed by atoms with E-state index in [-0.39, 0.29) is 17.6 Å². The molecule has 2 rings (SSSR count). The second-order valence-electron chi connectivity index (χ2n) is 5.26. The maximum atomic E-state index is 12.3. The van der Waals surface area contributed by atoms with Gasteiger partial charge in [-0.3, -0.25) is 9.59 Å². The molecule has 2 fully saturated rings. The zero-order chi connectivity index (χ0) is 14.6. The number of amides is 2. The summed E-state index contributed by atoms with van der Waals surface area (Å²) in [5, 5.41) is 20.9. The molecule has 2 aliphatic rings. The van der Waals surface area contributed by atoms with Crippen LogP contribution in [0.3, 0.4) is 0 Å². The SMILES string of the molecule is CNC(=O)S1(CO)[C@@H]2CC(=O)N2[C@@H](C(=O)O)C1(C)C. The third-order valence-electron chi connectivity index (χ3n) is 4.26. The average Bonchev–Trinajstić information content (AvgIpc) is 2.50. The molecule has 1 unspecified atom stereocenters. The Morgan fingerprint density at radius 1 is 1.53 bits per heavy atom. The lowest BCUT2D eigenvalue weighted by molar-refractivity contribution is -0.157. The molecule has 0 aromatic heterocycles. The smallest absolute Gasteiger partial charge is 0.327 e. The number of fused-ring (bicyclic) bond motifs is 1. The van der Waals surface area contributed by atoms with Crippen molar-refractivity contribution in [3.8, 4) is 0 Å². The fourth-order valence-electron chi connectivity index (χ4n) is 3.20. The Morgan fingerprint density at radius 3 is 2.42 bits per heavy atom. The van der Waals surface area contributed by atoms with Crippen molar-refractivity contribution in [3.05, 3.63) is 0 Å². The molecular weight excluding hydrogens is 272 g/mol. The average molecular weight is 290 g/mol. The molecule has 2 heterocycles. The van der Waals surface area contributed by atoms with Gasteiger partial charge in [-0.05, 0) is 13.8 Å². The number of hydrogen-bond donors (Lipinski definition) is 3. The molecule has 2 saturated heterocycles. The van der Waals surface area contributed by atoms with E-state index in [1.165, 1.54) is 11.9 Å². The molecule has 0 saturated carbocycles. The lowest BCUT2D eigenvalue weighted by Crippen LogP contribution is -2.57. The number of carboxylic acid groups (broad SMARTS) is 1. The lowest BCUT2D eigenvalue weighted by atomic mass is 9.98. The first-order valence-electron chi connectivity index (χ1n) is 5.91. The highest BCUT2D eigenvalue weighted by molar-refractivity contribution is 8.46. The van der Waals surface area contributed by atoms with Gasteiger partial charge < -0.3 is 20.4 Å². The number of carbonyl (C=O) groups excluding carboxylic acids is 2. The molecule has 3 N–H and O–H groups in total. The van der Waals surface area contributed by atoms with Crippen molar-refractivity contribution in [2.75, 3.05) is 13.0 Å². The van der Waals surface area contributed by atoms with E-state index in [9.17, 15) is 24.6 Å². The van der Waals surface area contributed by atoms with Gasteiger partial charge in [-0.15, -0.1) is 10.0 Å². The topological polar surface area (TPSA) is 107 Å². The van der Waals surface area contributed by atoms with E-state index in [0.29, 0.717) is 0 Å². The first-order valence-corrected chi connectivity index (χ1v) is 7.78. The van der Waals surface area contributed by atoms with E-state index in [0.717, 1.165) is 0 Å². The molecule has 2 aliphatic heterocycles. The van der Waals surface area contributed by atoms with E-state index >= 15 is 0 Å². The number of carbonyl (C=O) groups is 3. The summed E-state index contributed by atoms with van der Waals surface area (Å²) in [6.45, 7) is 3.30. The molecule has 0 aliphatic carbocycles. The van der Waals surface area contributed by atoms with Gasteiger partial charge in [-0.2, -0.15) is 0 Å². The van der Waals surface area contributed by atoms with Crippen molar-refractivity contribution in [2.45, 2.75) is 36.4 Å². The number of nitrogens with one attached hydrogen (secondary N) is 1. The summed E-state index contributed by atoms with van der Waals surface area (Å²) >= 11 is 0. The third kappa shape index (κ3) is 1.41. The van der Waals surface area contributed by atoms with Crippen molar-refractivity contribution in [3.63, 3.8) is 0 Å². The Labute approximate surface area is 112 Å². The Balaban J connectivity index is 2.59. The van der Waals surface area contributed by atoms with Gasteiger partial charge in [0.2, 0.25) is 5.91 Å². The van der Waals surface area contributed by atoms with Crippen LogP contribution in [-0.4, -0.2) is 61.4 Å². The molecule has 19 heavy (non-hydrogen) atoms. The van der Waals surface area contributed by atoms with Crippen LogP contribution in [0.25, 0.3) is 0 Å². The van der Waals surface area contributed by atoms with Crippen molar-refractivity contribution < 1.29 is 24.6 Å². The molecule has 108 valence electrons. The van der Waals surface area contributed by atoms with Gasteiger partial charge in [0.05, 0.1) is 17.7 Å². The van der Waals surface area contributed by atoms with Crippen LogP contribution in [-0.2, 0) is 9.59 Å². The van der Waals surface area contributed by atoms with Crippen molar-refractivity contribution >= 4 is 27.1 Å². The van der Waals surface area contributed by atoms with Crippen LogP contribution in [0.5, 0.6) is 0 Å². The van der Waals surface area contributed by atoms with Gasteiger partial charge in [0.25, 0.3) is 5.24 Å². The van der Waals surface area contributed by atoms with E-state index in [1.807, 2.05) is 0 Å². The van der Waals surface area contributed by atoms with Crippen LogP contribution in [0, 0.1) is 0 Å². The molecule has 2 amide bonds. The van der Waals surface area contributed by atoms with Gasteiger partial charge >= 0.3 is 5.97 Å². The number of aliphatic hydroxyl groups is 1. The van der Waals surface area contributed by atoms with Crippen molar-refractivity contribution in [1.29, 1.82) is 0 Å². The van der Waals surface area contributed by atoms with Crippen LogP contribution < -0.4 is 5.32 Å². The standard InChI is InChI=1S/C11H18N2O5S/c1-11(2)8(9(16)17)13-6(15)4-7(13)19(11,5-14)10(18)12-3/h7-8,14H,4-5H2,1-3H3,(H,12,18)(H,16,17)/t7-,8+/m1/s1. The van der Waals surface area contributed by atoms with Crippen LogP contribution >= 0.6 is 10.0 Å². The molecule has 0 aromatic rings. The normalized spacial score (nSPS) is 38.9. The number of carboxylic acids is 1. The predicted molar refractivity (Wildman–Crippen MR) is 69.9 cm³/mol. The number of β-lactam (4-membered cyclic amide) rings is 1. The molecule has 0 radical (unpaired) electrons. The highest BCUT2D eigenvalue weighted by atomic mass is 32.3. The summed E-state index contributed by atoms with van der Waals surface area (Å²) in [7, 11) is -0.884. The highest BCUT2D eigenvalue weighted by Crippen LogP contribution is 2.73. The first-order chi connectivity index (χ1) is 8.75. The van der Waals surface area contributed by atoms with Crippen LogP contribution in [0.4, 0.5) is 4.79 Å². The summed E-state index contributed by atoms with van der Waals surface area (Å²) in [6.07, 6.45) is 0.135. The van der Waals surface area contributed by atoms with Crippen molar-refractivity contribution in [1.82, 2.24) is 10.2 Å². The monoisotopic (exact) mass is 290 g/mol. The maximum Gasteiger partial charge on any atom is 0.327 e. The van der Waals surface area contributed by atoms with Gasteiger partial charge in [-0.1, -0.05) is 0 Å². The van der Waals surface area contributed by atoms with E-state index in [1.54, 1.807) is 13.8 Å². The number of nitrogens with zero attached hydrogens (tertiary/aromatic N) is 1. The largest absolute Gasteiger partial charge is 0.480 e. The lowest BCUT2D eigenvalue weighted by Gasteiger charge is -2.48. The zero-order valence-corrected chi connectivity index (χ0v) is 11.9. The Bertz CT molecular complexity index is 466. The number of aliphatic carboxylic acids is 1. The van der Waals surface area contributed by atoms with E-state index in [4.69, 9.17) is 0 Å². The minimum absolute atomic E-state index is 0.135. The van der Waals surface area contributed by atoms with Crippen molar-refractivity contribution in [2.24, 2.45) is 0 Å². The minimum Gasteiger partial charge on any atom is -0.480 e. The van der Waals surface area contributed by atoms with Crippen LogP contribution in [0.2, 0.25) is 0 Å². The maximum absolute atomic E-state index is 12.3. The minimum atomic E-state index is -2.34. The number of hydrogen-bond acceptors (Lipinski definition) is 4. The van der Waals surface area contributed by atoms with E-state index in [2.05, 4.69) is 5.32 Å². The molecule has 0 spiro atoms. The predicted octanol–water partition coefficient (Wildman–Crippen LogP) is -0.116.